The summed E-state index contributed by atoms with van der Waals surface area (Å²) in [6.45, 7) is 1.05. The van der Waals surface area contributed by atoms with Gasteiger partial charge in [-0.15, -0.1) is 0 Å². The fraction of sp³-hybridized carbons (Fsp3) is 0.417. The van der Waals surface area contributed by atoms with Crippen LogP contribution in [0.25, 0.3) is 0 Å². The fourth-order valence-electron chi connectivity index (χ4n) is 2.16. The van der Waals surface area contributed by atoms with Crippen LogP contribution in [0, 0.1) is 5.82 Å². The zero-order valence-corrected chi connectivity index (χ0v) is 11.1. The fourth-order valence-corrected chi connectivity index (χ4v) is 3.17. The Labute approximate surface area is 113 Å². The van der Waals surface area contributed by atoms with E-state index in [4.69, 9.17) is 11.5 Å². The first-order chi connectivity index (χ1) is 8.88. The van der Waals surface area contributed by atoms with Crippen LogP contribution in [-0.2, 0) is 5.54 Å². The average molecular weight is 287 g/mol. The second kappa shape index (κ2) is 4.97. The molecule has 0 aromatic heterocycles. The molecule has 2 rings (SSSR count). The third kappa shape index (κ3) is 2.40. The van der Waals surface area contributed by atoms with E-state index in [1.807, 2.05) is 0 Å². The Bertz CT molecular complexity index is 526. The monoisotopic (exact) mass is 287 g/mol. The highest BCUT2D eigenvalue weighted by Crippen LogP contribution is 2.42. The summed E-state index contributed by atoms with van der Waals surface area (Å²) in [5, 5.41) is 8.54. The van der Waals surface area contributed by atoms with Crippen LogP contribution in [0.5, 0.6) is 0 Å². The van der Waals surface area contributed by atoms with Crippen molar-refractivity contribution in [2.75, 3.05) is 12.3 Å². The number of halogens is 2. The standard InChI is InChI=1S/C12H15F2N3OS/c1-12(7-4-6(15)2-3-8(7)13)10(14)9(5-18)19-11(16)17-12/h2-4,9-10,18H,5,15H2,1H3,(H2,16,17)/t9-,10+,12-/m1/s1. The number of rotatable bonds is 2. The lowest BCUT2D eigenvalue weighted by Crippen LogP contribution is -2.46. The highest BCUT2D eigenvalue weighted by Gasteiger charge is 2.46. The van der Waals surface area contributed by atoms with Crippen molar-refractivity contribution in [3.8, 4) is 0 Å². The number of aliphatic imine (C=N–C) groups is 1. The molecular formula is C12H15F2N3OS. The molecule has 104 valence electrons. The second-order valence-electron chi connectivity index (χ2n) is 4.58. The lowest BCUT2D eigenvalue weighted by atomic mass is 9.85. The molecule has 0 saturated heterocycles. The number of amidine groups is 1. The Kier molecular flexibility index (Phi) is 3.69. The minimum absolute atomic E-state index is 0.0432. The highest BCUT2D eigenvalue weighted by atomic mass is 32.2. The molecule has 4 nitrogen and oxygen atoms in total. The van der Waals surface area contributed by atoms with Crippen LogP contribution in [-0.4, -0.2) is 28.3 Å². The van der Waals surface area contributed by atoms with Gasteiger partial charge in [0, 0.05) is 11.3 Å². The lowest BCUT2D eigenvalue weighted by Gasteiger charge is -2.37. The van der Waals surface area contributed by atoms with Crippen LogP contribution >= 0.6 is 11.8 Å². The molecule has 19 heavy (non-hydrogen) atoms. The van der Waals surface area contributed by atoms with E-state index in [1.165, 1.54) is 25.1 Å². The quantitative estimate of drug-likeness (QED) is 0.718. The number of alkyl halides is 1. The number of thioether (sulfide) groups is 1. The molecule has 0 amide bonds. The van der Waals surface area contributed by atoms with Gasteiger partial charge in [-0.1, -0.05) is 11.8 Å². The highest BCUT2D eigenvalue weighted by molar-refractivity contribution is 8.14. The van der Waals surface area contributed by atoms with Crippen LogP contribution < -0.4 is 11.5 Å². The number of aliphatic hydroxyl groups is 1. The minimum atomic E-state index is -1.56. The van der Waals surface area contributed by atoms with Crippen molar-refractivity contribution in [3.05, 3.63) is 29.6 Å². The number of nitrogen functional groups attached to an aromatic ring is 1. The van der Waals surface area contributed by atoms with E-state index < -0.39 is 29.4 Å². The van der Waals surface area contributed by atoms with Gasteiger partial charge in [0.05, 0.1) is 11.9 Å². The molecule has 0 saturated carbocycles. The number of hydrogen-bond donors (Lipinski definition) is 3. The van der Waals surface area contributed by atoms with Crippen LogP contribution in [0.3, 0.4) is 0 Å². The van der Waals surface area contributed by atoms with Crippen LogP contribution in [0.4, 0.5) is 14.5 Å². The van der Waals surface area contributed by atoms with Gasteiger partial charge in [-0.25, -0.2) is 13.8 Å². The zero-order chi connectivity index (χ0) is 14.2. The molecule has 0 fully saturated rings. The number of benzene rings is 1. The topological polar surface area (TPSA) is 84.6 Å². The van der Waals surface area contributed by atoms with Gasteiger partial charge in [-0.05, 0) is 25.1 Å². The van der Waals surface area contributed by atoms with Gasteiger partial charge >= 0.3 is 0 Å². The summed E-state index contributed by atoms with van der Waals surface area (Å²) in [5.74, 6) is -0.598. The van der Waals surface area contributed by atoms with Crippen molar-refractivity contribution in [2.45, 2.75) is 23.9 Å². The first-order valence-electron chi connectivity index (χ1n) is 5.71. The maximum Gasteiger partial charge on any atom is 0.155 e. The molecule has 5 N–H and O–H groups in total. The Hall–Kier alpha value is -1.34. The predicted octanol–water partition coefficient (Wildman–Crippen LogP) is 1.38. The molecule has 3 atom stereocenters. The maximum absolute atomic E-state index is 14.5. The van der Waals surface area contributed by atoms with Crippen molar-refractivity contribution in [1.82, 2.24) is 0 Å². The van der Waals surface area contributed by atoms with E-state index in [9.17, 15) is 13.9 Å². The van der Waals surface area contributed by atoms with Gasteiger partial charge in [-0.2, -0.15) is 0 Å². The molecule has 0 bridgehead atoms. The molecule has 1 aromatic carbocycles. The Balaban J connectivity index is 2.56. The van der Waals surface area contributed by atoms with E-state index in [0.29, 0.717) is 5.69 Å². The molecule has 0 spiro atoms. The van der Waals surface area contributed by atoms with Crippen molar-refractivity contribution < 1.29 is 13.9 Å². The summed E-state index contributed by atoms with van der Waals surface area (Å²) >= 11 is 0.951. The third-order valence-corrected chi connectivity index (χ3v) is 4.22. The number of hydrogen-bond acceptors (Lipinski definition) is 5. The summed E-state index contributed by atoms with van der Waals surface area (Å²) in [6.07, 6.45) is -1.56. The van der Waals surface area contributed by atoms with Crippen molar-refractivity contribution >= 4 is 22.6 Å². The molecule has 1 aliphatic rings. The van der Waals surface area contributed by atoms with E-state index in [1.54, 1.807) is 0 Å². The smallest absolute Gasteiger partial charge is 0.155 e. The molecule has 0 unspecified atom stereocenters. The summed E-state index contributed by atoms with van der Waals surface area (Å²) in [6, 6.07) is 3.91. The van der Waals surface area contributed by atoms with E-state index in [2.05, 4.69) is 4.99 Å². The lowest BCUT2D eigenvalue weighted by molar-refractivity contribution is 0.157. The summed E-state index contributed by atoms with van der Waals surface area (Å²) in [7, 11) is 0. The Morgan fingerprint density at radius 1 is 1.47 bits per heavy atom. The number of aliphatic hydroxyl groups excluding tert-OH is 1. The van der Waals surface area contributed by atoms with Gasteiger partial charge in [0.1, 0.15) is 17.5 Å². The second-order valence-corrected chi connectivity index (χ2v) is 5.84. The van der Waals surface area contributed by atoms with Crippen molar-refractivity contribution in [1.29, 1.82) is 0 Å². The Morgan fingerprint density at radius 2 is 2.16 bits per heavy atom. The molecule has 0 aliphatic carbocycles. The number of nitrogens with zero attached hydrogens (tertiary/aromatic N) is 1. The van der Waals surface area contributed by atoms with Gasteiger partial charge < -0.3 is 16.6 Å². The molecule has 1 heterocycles. The number of nitrogens with two attached hydrogens (primary N) is 2. The van der Waals surface area contributed by atoms with Gasteiger partial charge in [0.15, 0.2) is 5.17 Å². The van der Waals surface area contributed by atoms with Crippen LogP contribution in [0.2, 0.25) is 0 Å². The van der Waals surface area contributed by atoms with Crippen molar-refractivity contribution in [3.63, 3.8) is 0 Å². The largest absolute Gasteiger partial charge is 0.399 e. The molecule has 1 aromatic rings. The predicted molar refractivity (Wildman–Crippen MR) is 73.1 cm³/mol. The van der Waals surface area contributed by atoms with Gasteiger partial charge in [0.25, 0.3) is 0 Å². The van der Waals surface area contributed by atoms with Crippen LogP contribution in [0.15, 0.2) is 23.2 Å². The molecular weight excluding hydrogens is 272 g/mol. The summed E-state index contributed by atoms with van der Waals surface area (Å²) in [4.78, 5) is 4.04. The van der Waals surface area contributed by atoms with E-state index in [0.717, 1.165) is 11.8 Å². The molecule has 7 heteroatoms. The minimum Gasteiger partial charge on any atom is -0.399 e. The first kappa shape index (κ1) is 14.1. The Morgan fingerprint density at radius 3 is 2.79 bits per heavy atom. The zero-order valence-electron chi connectivity index (χ0n) is 10.3. The third-order valence-electron chi connectivity index (χ3n) is 3.19. The van der Waals surface area contributed by atoms with Gasteiger partial charge in [0.2, 0.25) is 0 Å². The maximum atomic E-state index is 14.5. The van der Waals surface area contributed by atoms with E-state index in [-0.39, 0.29) is 10.7 Å². The summed E-state index contributed by atoms with van der Waals surface area (Å²) in [5.41, 5.74) is 10.1. The SMILES string of the molecule is C[C@]1(c2cc(N)ccc2F)N=C(N)S[C@H](CO)[C@@H]1F. The normalized spacial score (nSPS) is 31.1. The van der Waals surface area contributed by atoms with Gasteiger partial charge in [-0.3, -0.25) is 0 Å². The first-order valence-corrected chi connectivity index (χ1v) is 6.59. The van der Waals surface area contributed by atoms with Crippen LogP contribution in [0.1, 0.15) is 12.5 Å². The molecule has 0 radical (unpaired) electrons. The summed E-state index contributed by atoms with van der Waals surface area (Å²) < 4.78 is 28.4. The number of anilines is 1. The molecule has 1 aliphatic heterocycles. The average Bonchev–Trinajstić information content (AvgIpc) is 2.36. The van der Waals surface area contributed by atoms with Crippen molar-refractivity contribution in [2.24, 2.45) is 10.7 Å². The van der Waals surface area contributed by atoms with E-state index >= 15 is 0 Å².